The number of nitrogens with one attached hydrogen (secondary N) is 1. The summed E-state index contributed by atoms with van der Waals surface area (Å²) in [6, 6.07) is 7.58. The lowest BCUT2D eigenvalue weighted by Gasteiger charge is -2.10. The van der Waals surface area contributed by atoms with Crippen LogP contribution in [0.4, 0.5) is 11.6 Å². The summed E-state index contributed by atoms with van der Waals surface area (Å²) in [6.07, 6.45) is 0. The van der Waals surface area contributed by atoms with Gasteiger partial charge in [0.1, 0.15) is 6.54 Å². The Labute approximate surface area is 154 Å². The number of hydrogen-bond donors (Lipinski definition) is 1. The zero-order valence-electron chi connectivity index (χ0n) is 15.6. The van der Waals surface area contributed by atoms with Crippen molar-refractivity contribution < 1.29 is 9.53 Å². The van der Waals surface area contributed by atoms with Gasteiger partial charge in [-0.05, 0) is 31.5 Å². The number of nitrogens with zero attached hydrogens (tertiary/aromatic N) is 4. The van der Waals surface area contributed by atoms with E-state index in [1.807, 2.05) is 31.2 Å². The Morgan fingerprint density at radius 2 is 1.96 bits per heavy atom. The van der Waals surface area contributed by atoms with Gasteiger partial charge in [-0.2, -0.15) is 4.98 Å². The van der Waals surface area contributed by atoms with Gasteiger partial charge >= 0.3 is 11.7 Å². The SMILES string of the molecule is CCOC(=O)Cn1c(Nc2cccc(C)c2)nc2c1c(=O)n(C)c(=O)n2C. The molecule has 9 heteroatoms. The van der Waals surface area contributed by atoms with Crippen molar-refractivity contribution in [2.24, 2.45) is 14.1 Å². The second kappa shape index (κ2) is 7.10. The highest BCUT2D eigenvalue weighted by molar-refractivity contribution is 5.79. The number of imidazole rings is 1. The molecular weight excluding hydrogens is 350 g/mol. The molecule has 27 heavy (non-hydrogen) atoms. The van der Waals surface area contributed by atoms with Crippen LogP contribution in [-0.2, 0) is 30.2 Å². The van der Waals surface area contributed by atoms with Gasteiger partial charge in [0.25, 0.3) is 5.56 Å². The lowest BCUT2D eigenvalue weighted by molar-refractivity contribution is -0.143. The summed E-state index contributed by atoms with van der Waals surface area (Å²) >= 11 is 0. The number of rotatable bonds is 5. The van der Waals surface area contributed by atoms with Crippen molar-refractivity contribution in [3.05, 3.63) is 50.7 Å². The predicted octanol–water partition coefficient (Wildman–Crippen LogP) is 1.05. The van der Waals surface area contributed by atoms with Crippen molar-refractivity contribution in [3.8, 4) is 0 Å². The highest BCUT2D eigenvalue weighted by Crippen LogP contribution is 2.21. The third kappa shape index (κ3) is 3.35. The molecule has 0 saturated heterocycles. The number of ether oxygens (including phenoxy) is 1. The van der Waals surface area contributed by atoms with Crippen LogP contribution in [0.25, 0.3) is 11.2 Å². The lowest BCUT2D eigenvalue weighted by atomic mass is 10.2. The minimum absolute atomic E-state index is 0.155. The Morgan fingerprint density at radius 1 is 1.22 bits per heavy atom. The van der Waals surface area contributed by atoms with Crippen LogP contribution in [0.15, 0.2) is 33.9 Å². The van der Waals surface area contributed by atoms with E-state index in [-0.39, 0.29) is 30.3 Å². The predicted molar refractivity (Wildman–Crippen MR) is 101 cm³/mol. The van der Waals surface area contributed by atoms with Gasteiger partial charge in [0.15, 0.2) is 11.2 Å². The number of fused-ring (bicyclic) bond motifs is 1. The number of benzene rings is 1. The van der Waals surface area contributed by atoms with E-state index in [9.17, 15) is 14.4 Å². The highest BCUT2D eigenvalue weighted by atomic mass is 16.5. The molecule has 2 aromatic heterocycles. The second-order valence-corrected chi connectivity index (χ2v) is 6.20. The molecule has 0 aliphatic rings. The van der Waals surface area contributed by atoms with Gasteiger partial charge in [-0.1, -0.05) is 12.1 Å². The number of anilines is 2. The van der Waals surface area contributed by atoms with E-state index in [2.05, 4.69) is 10.3 Å². The van der Waals surface area contributed by atoms with Gasteiger partial charge in [0, 0.05) is 19.8 Å². The van der Waals surface area contributed by atoms with Gasteiger partial charge in [-0.3, -0.25) is 23.3 Å². The number of esters is 1. The number of carbonyl (C=O) groups is 1. The number of aryl methyl sites for hydroxylation is 2. The van der Waals surface area contributed by atoms with Gasteiger partial charge in [0.05, 0.1) is 6.61 Å². The van der Waals surface area contributed by atoms with Crippen LogP contribution in [0.2, 0.25) is 0 Å². The number of carbonyl (C=O) groups excluding carboxylic acids is 1. The zero-order chi connectivity index (χ0) is 19.7. The van der Waals surface area contributed by atoms with Crippen molar-refractivity contribution in [1.82, 2.24) is 18.7 Å². The maximum atomic E-state index is 12.7. The fraction of sp³-hybridized carbons (Fsp3) is 0.333. The molecule has 0 amide bonds. The summed E-state index contributed by atoms with van der Waals surface area (Å²) in [5.41, 5.74) is 1.12. The topological polar surface area (TPSA) is 100 Å². The molecule has 1 N–H and O–H groups in total. The zero-order valence-corrected chi connectivity index (χ0v) is 15.6. The van der Waals surface area contributed by atoms with E-state index < -0.39 is 17.2 Å². The van der Waals surface area contributed by atoms with Gasteiger partial charge in [0.2, 0.25) is 5.95 Å². The monoisotopic (exact) mass is 371 g/mol. The molecule has 0 aliphatic heterocycles. The molecule has 0 spiro atoms. The Bertz CT molecular complexity index is 1140. The summed E-state index contributed by atoms with van der Waals surface area (Å²) < 4.78 is 8.73. The minimum atomic E-state index is -0.526. The molecule has 2 heterocycles. The van der Waals surface area contributed by atoms with E-state index in [4.69, 9.17) is 4.74 Å². The molecule has 0 saturated carbocycles. The van der Waals surface area contributed by atoms with Crippen molar-refractivity contribution in [1.29, 1.82) is 0 Å². The van der Waals surface area contributed by atoms with E-state index >= 15 is 0 Å². The van der Waals surface area contributed by atoms with E-state index in [0.29, 0.717) is 0 Å². The standard InChI is InChI=1S/C18H21N5O4/c1-5-27-13(24)10-23-14-15(21(3)18(26)22(4)16(14)25)20-17(23)19-12-8-6-7-11(2)9-12/h6-9H,5,10H2,1-4H3,(H,19,20). The molecule has 0 unspecified atom stereocenters. The molecule has 142 valence electrons. The Hall–Kier alpha value is -3.36. The quantitative estimate of drug-likeness (QED) is 0.673. The summed E-state index contributed by atoms with van der Waals surface area (Å²) in [7, 11) is 2.92. The maximum absolute atomic E-state index is 12.7. The molecule has 0 fully saturated rings. The molecule has 0 bridgehead atoms. The minimum Gasteiger partial charge on any atom is -0.465 e. The molecule has 3 rings (SSSR count). The van der Waals surface area contributed by atoms with Crippen molar-refractivity contribution >= 4 is 28.8 Å². The first kappa shape index (κ1) is 18.4. The van der Waals surface area contributed by atoms with Gasteiger partial charge in [-0.15, -0.1) is 0 Å². The first-order chi connectivity index (χ1) is 12.8. The lowest BCUT2D eigenvalue weighted by Crippen LogP contribution is -2.37. The molecule has 9 nitrogen and oxygen atoms in total. The average molecular weight is 371 g/mol. The fourth-order valence-corrected chi connectivity index (χ4v) is 2.88. The Morgan fingerprint density at radius 3 is 2.63 bits per heavy atom. The summed E-state index contributed by atoms with van der Waals surface area (Å²) in [5, 5.41) is 3.12. The molecule has 1 aromatic carbocycles. The first-order valence-corrected chi connectivity index (χ1v) is 8.49. The largest absolute Gasteiger partial charge is 0.465 e. The van der Waals surface area contributed by atoms with E-state index in [1.165, 1.54) is 23.2 Å². The molecule has 0 aliphatic carbocycles. The van der Waals surface area contributed by atoms with Gasteiger partial charge in [-0.25, -0.2) is 4.79 Å². The fourth-order valence-electron chi connectivity index (χ4n) is 2.88. The third-order valence-electron chi connectivity index (χ3n) is 4.21. The van der Waals surface area contributed by atoms with Crippen LogP contribution in [-0.4, -0.2) is 31.3 Å². The summed E-state index contributed by atoms with van der Waals surface area (Å²) in [4.78, 5) is 41.4. The Kier molecular flexibility index (Phi) is 4.85. The number of aromatic nitrogens is 4. The van der Waals surface area contributed by atoms with E-state index in [0.717, 1.165) is 15.8 Å². The van der Waals surface area contributed by atoms with Crippen LogP contribution in [0.3, 0.4) is 0 Å². The van der Waals surface area contributed by atoms with Crippen LogP contribution in [0.1, 0.15) is 12.5 Å². The van der Waals surface area contributed by atoms with Crippen LogP contribution >= 0.6 is 0 Å². The second-order valence-electron chi connectivity index (χ2n) is 6.20. The summed E-state index contributed by atoms with van der Waals surface area (Å²) in [6.45, 7) is 3.68. The van der Waals surface area contributed by atoms with Crippen molar-refractivity contribution in [2.75, 3.05) is 11.9 Å². The first-order valence-electron chi connectivity index (χ1n) is 8.49. The van der Waals surface area contributed by atoms with Crippen LogP contribution < -0.4 is 16.6 Å². The number of hydrogen-bond acceptors (Lipinski definition) is 6. The highest BCUT2D eigenvalue weighted by Gasteiger charge is 2.21. The maximum Gasteiger partial charge on any atom is 0.332 e. The van der Waals surface area contributed by atoms with E-state index in [1.54, 1.807) is 6.92 Å². The normalized spacial score (nSPS) is 11.0. The van der Waals surface area contributed by atoms with Crippen LogP contribution in [0, 0.1) is 6.92 Å². The van der Waals surface area contributed by atoms with Crippen LogP contribution in [0.5, 0.6) is 0 Å². The summed E-state index contributed by atoms with van der Waals surface area (Å²) in [5.74, 6) is -0.220. The van der Waals surface area contributed by atoms with Crippen molar-refractivity contribution in [2.45, 2.75) is 20.4 Å². The average Bonchev–Trinajstić information content (AvgIpc) is 2.96. The molecule has 3 aromatic rings. The van der Waals surface area contributed by atoms with Gasteiger partial charge < -0.3 is 10.1 Å². The Balaban J connectivity index is 2.23. The molecule has 0 radical (unpaired) electrons. The molecule has 0 atom stereocenters. The van der Waals surface area contributed by atoms with Crippen molar-refractivity contribution in [3.63, 3.8) is 0 Å². The third-order valence-corrected chi connectivity index (χ3v) is 4.21. The smallest absolute Gasteiger partial charge is 0.332 e. The molecular formula is C18H21N5O4.